The van der Waals surface area contributed by atoms with Crippen LogP contribution in [0.2, 0.25) is 0 Å². The summed E-state index contributed by atoms with van der Waals surface area (Å²) in [5.74, 6) is 1.28. The maximum atomic E-state index is 5.60. The van der Waals surface area contributed by atoms with Crippen LogP contribution >= 0.6 is 0 Å². The van der Waals surface area contributed by atoms with Gasteiger partial charge in [0.1, 0.15) is 0 Å². The Labute approximate surface area is 177 Å². The van der Waals surface area contributed by atoms with Crippen LogP contribution in [0.1, 0.15) is 43.7 Å². The van der Waals surface area contributed by atoms with Gasteiger partial charge in [0.15, 0.2) is 0 Å². The molecule has 1 aromatic rings. The number of methoxy groups -OCH3 is 2. The van der Waals surface area contributed by atoms with Gasteiger partial charge in [0.2, 0.25) is 0 Å². The molecular formula is C24H39N3O2. The van der Waals surface area contributed by atoms with Crippen molar-refractivity contribution in [1.29, 1.82) is 0 Å². The highest BCUT2D eigenvalue weighted by molar-refractivity contribution is 6.03. The summed E-state index contributed by atoms with van der Waals surface area (Å²) < 4.78 is 9.85. The molecule has 1 unspecified atom stereocenters. The van der Waals surface area contributed by atoms with Gasteiger partial charge < -0.3 is 14.4 Å². The first-order chi connectivity index (χ1) is 14.0. The molecule has 5 nitrogen and oxygen atoms in total. The smallest absolute Gasteiger partial charge is 0.0683 e. The zero-order chi connectivity index (χ0) is 20.9. The molecule has 1 aliphatic heterocycles. The summed E-state index contributed by atoms with van der Waals surface area (Å²) in [7, 11) is 7.30. The van der Waals surface area contributed by atoms with Gasteiger partial charge in [0.05, 0.1) is 5.71 Å². The van der Waals surface area contributed by atoms with Crippen molar-refractivity contribution in [2.24, 2.45) is 16.9 Å². The molecule has 1 heterocycles. The third-order valence-corrected chi connectivity index (χ3v) is 7.05. The van der Waals surface area contributed by atoms with Crippen LogP contribution in [0.3, 0.4) is 0 Å². The molecule has 0 bridgehead atoms. The molecule has 2 fully saturated rings. The van der Waals surface area contributed by atoms with E-state index in [4.69, 9.17) is 9.84 Å². The second-order valence-electron chi connectivity index (χ2n) is 9.09. The Hall–Kier alpha value is -1.43. The molecule has 0 N–H and O–H groups in total. The Morgan fingerprint density at radius 1 is 1.10 bits per heavy atom. The Morgan fingerprint density at radius 3 is 2.48 bits per heavy atom. The molecule has 3 aliphatic rings. The van der Waals surface area contributed by atoms with Crippen LogP contribution in [0, 0.1) is 11.8 Å². The van der Waals surface area contributed by atoms with Gasteiger partial charge in [-0.05, 0) is 49.1 Å². The lowest BCUT2D eigenvalue weighted by molar-refractivity contribution is 0.0517. The second-order valence-corrected chi connectivity index (χ2v) is 9.09. The topological polar surface area (TPSA) is 37.3 Å². The lowest BCUT2D eigenvalue weighted by atomic mass is 9.54. The Balaban J connectivity index is 0.000000755. The average Bonchev–Trinajstić information content (AvgIpc) is 2.72. The highest BCUT2D eigenvalue weighted by Crippen LogP contribution is 2.52. The van der Waals surface area contributed by atoms with E-state index in [0.717, 1.165) is 39.2 Å². The minimum Gasteiger partial charge on any atom is -0.388 e. The predicted octanol–water partition coefficient (Wildman–Crippen LogP) is 3.62. The van der Waals surface area contributed by atoms with Gasteiger partial charge in [-0.1, -0.05) is 37.6 Å². The minimum atomic E-state index is 0.263. The molecule has 162 valence electrons. The molecule has 0 spiro atoms. The Bertz CT molecular complexity index is 682. The third kappa shape index (κ3) is 4.84. The fourth-order valence-corrected chi connectivity index (χ4v) is 5.49. The quantitative estimate of drug-likeness (QED) is 0.775. The summed E-state index contributed by atoms with van der Waals surface area (Å²) in [6, 6.07) is 9.04. The minimum absolute atomic E-state index is 0.263. The number of rotatable bonds is 3. The zero-order valence-electron chi connectivity index (χ0n) is 19.0. The largest absolute Gasteiger partial charge is 0.388 e. The SMILES string of the molecule is COC.COC[C@H]1CCC[C@]2(C)c3ccccc3C(=NN3CCN(C)CC3)CC12. The number of hydrogen-bond acceptors (Lipinski definition) is 5. The van der Waals surface area contributed by atoms with Gasteiger partial charge in [0, 0.05) is 59.7 Å². The van der Waals surface area contributed by atoms with Crippen molar-refractivity contribution in [1.82, 2.24) is 9.91 Å². The summed E-state index contributed by atoms with van der Waals surface area (Å²) in [5.41, 5.74) is 4.47. The molecule has 1 saturated carbocycles. The van der Waals surface area contributed by atoms with E-state index in [2.05, 4.69) is 52.9 Å². The third-order valence-electron chi connectivity index (χ3n) is 7.05. The van der Waals surface area contributed by atoms with E-state index < -0.39 is 0 Å². The molecule has 0 amide bonds. The van der Waals surface area contributed by atoms with Crippen LogP contribution in [-0.2, 0) is 14.9 Å². The van der Waals surface area contributed by atoms with E-state index >= 15 is 0 Å². The molecule has 2 aliphatic carbocycles. The molecule has 0 aromatic heterocycles. The maximum Gasteiger partial charge on any atom is 0.0683 e. The fraction of sp³-hybridized carbons (Fsp3) is 0.708. The van der Waals surface area contributed by atoms with E-state index in [-0.39, 0.29) is 5.41 Å². The lowest BCUT2D eigenvalue weighted by Crippen LogP contribution is -2.48. The normalized spacial score (nSPS) is 30.9. The number of fused-ring (bicyclic) bond motifs is 3. The van der Waals surface area contributed by atoms with Crippen LogP contribution in [0.5, 0.6) is 0 Å². The van der Waals surface area contributed by atoms with Gasteiger partial charge in [-0.2, -0.15) is 5.10 Å². The molecular weight excluding hydrogens is 362 g/mol. The van der Waals surface area contributed by atoms with Crippen molar-refractivity contribution < 1.29 is 9.47 Å². The van der Waals surface area contributed by atoms with E-state index in [1.165, 1.54) is 36.1 Å². The number of likely N-dealkylation sites (N-methyl/N-ethyl adjacent to an activating group) is 1. The van der Waals surface area contributed by atoms with E-state index in [0.29, 0.717) is 11.8 Å². The summed E-state index contributed by atoms with van der Waals surface area (Å²) in [6.07, 6.45) is 4.98. The van der Waals surface area contributed by atoms with E-state index in [9.17, 15) is 0 Å². The van der Waals surface area contributed by atoms with Crippen LogP contribution in [0.25, 0.3) is 0 Å². The van der Waals surface area contributed by atoms with Crippen molar-refractivity contribution in [2.75, 3.05) is 61.2 Å². The molecule has 29 heavy (non-hydrogen) atoms. The Kier molecular flexibility index (Phi) is 7.72. The van der Waals surface area contributed by atoms with Gasteiger partial charge in [-0.3, -0.25) is 5.01 Å². The number of hydrazone groups is 1. The lowest BCUT2D eigenvalue weighted by Gasteiger charge is -2.50. The van der Waals surface area contributed by atoms with E-state index in [1.54, 1.807) is 14.2 Å². The van der Waals surface area contributed by atoms with Gasteiger partial charge in [-0.25, -0.2) is 0 Å². The van der Waals surface area contributed by atoms with Crippen LogP contribution in [-0.4, -0.2) is 76.8 Å². The van der Waals surface area contributed by atoms with Crippen LogP contribution in [0.15, 0.2) is 29.4 Å². The fourth-order valence-electron chi connectivity index (χ4n) is 5.49. The average molecular weight is 402 g/mol. The van der Waals surface area contributed by atoms with Crippen molar-refractivity contribution in [2.45, 2.75) is 38.0 Å². The summed E-state index contributed by atoms with van der Waals surface area (Å²) in [5, 5.41) is 7.46. The molecule has 5 heteroatoms. The first-order valence-corrected chi connectivity index (χ1v) is 11.0. The summed E-state index contributed by atoms with van der Waals surface area (Å²) in [6.45, 7) is 7.64. The Morgan fingerprint density at radius 2 is 1.79 bits per heavy atom. The molecule has 1 saturated heterocycles. The van der Waals surface area contributed by atoms with Gasteiger partial charge in [-0.15, -0.1) is 0 Å². The highest BCUT2D eigenvalue weighted by Gasteiger charge is 2.48. The summed E-state index contributed by atoms with van der Waals surface area (Å²) in [4.78, 5) is 2.39. The molecule has 0 radical (unpaired) electrons. The standard InChI is InChI=1S/C22H33N3O.C2H6O/c1-22-10-6-7-17(16-26-3)20(22)15-21(18-8-4-5-9-19(18)22)23-25-13-11-24(2)12-14-25;1-3-2/h4-5,8-9,17,20H,6-7,10-16H2,1-3H3;1-2H3/t17-,20?,22-;/m1./s1. The van der Waals surface area contributed by atoms with E-state index in [1.807, 2.05) is 7.11 Å². The monoisotopic (exact) mass is 401 g/mol. The first kappa shape index (κ1) is 22.3. The van der Waals surface area contributed by atoms with Gasteiger partial charge >= 0.3 is 0 Å². The second kappa shape index (κ2) is 10.1. The van der Waals surface area contributed by atoms with Crippen LogP contribution < -0.4 is 0 Å². The number of piperazine rings is 1. The number of benzene rings is 1. The van der Waals surface area contributed by atoms with Gasteiger partial charge in [0.25, 0.3) is 0 Å². The molecule has 4 rings (SSSR count). The summed E-state index contributed by atoms with van der Waals surface area (Å²) >= 11 is 0. The number of nitrogens with zero attached hydrogens (tertiary/aromatic N) is 3. The molecule has 1 aromatic carbocycles. The molecule has 3 atom stereocenters. The van der Waals surface area contributed by atoms with Crippen molar-refractivity contribution in [3.8, 4) is 0 Å². The van der Waals surface area contributed by atoms with Crippen molar-refractivity contribution in [3.63, 3.8) is 0 Å². The van der Waals surface area contributed by atoms with Crippen molar-refractivity contribution in [3.05, 3.63) is 35.4 Å². The number of ether oxygens (including phenoxy) is 2. The predicted molar refractivity (Wildman–Crippen MR) is 120 cm³/mol. The van der Waals surface area contributed by atoms with Crippen molar-refractivity contribution >= 4 is 5.71 Å². The highest BCUT2D eigenvalue weighted by atomic mass is 16.5. The first-order valence-electron chi connectivity index (χ1n) is 11.0. The maximum absolute atomic E-state index is 5.60. The van der Waals surface area contributed by atoms with Crippen LogP contribution in [0.4, 0.5) is 0 Å². The number of hydrogen-bond donors (Lipinski definition) is 0. The zero-order valence-corrected chi connectivity index (χ0v) is 19.0.